The van der Waals surface area contributed by atoms with Crippen molar-refractivity contribution in [3.8, 4) is 11.5 Å². The average molecular weight is 325 g/mol. The number of rotatable bonds is 7. The van der Waals surface area contributed by atoms with Crippen molar-refractivity contribution >= 4 is 5.91 Å². The van der Waals surface area contributed by atoms with Crippen LogP contribution in [0.3, 0.4) is 0 Å². The highest BCUT2D eigenvalue weighted by Crippen LogP contribution is 2.51. The minimum absolute atomic E-state index is 0.0977. The molecule has 3 rings (SSSR count). The van der Waals surface area contributed by atoms with Gasteiger partial charge in [0.1, 0.15) is 11.5 Å². The van der Waals surface area contributed by atoms with Crippen molar-refractivity contribution in [1.29, 1.82) is 0 Å². The number of hydrogen-bond acceptors (Lipinski definition) is 3. The highest BCUT2D eigenvalue weighted by atomic mass is 16.5. The van der Waals surface area contributed by atoms with Crippen molar-refractivity contribution in [2.24, 2.45) is 0 Å². The van der Waals surface area contributed by atoms with E-state index in [0.29, 0.717) is 6.54 Å². The predicted molar refractivity (Wildman–Crippen MR) is 93.6 cm³/mol. The summed E-state index contributed by atoms with van der Waals surface area (Å²) < 4.78 is 10.6. The zero-order valence-electron chi connectivity index (χ0n) is 14.2. The van der Waals surface area contributed by atoms with Gasteiger partial charge in [0.2, 0.25) is 5.91 Å². The minimum atomic E-state index is -0.410. The molecule has 1 saturated carbocycles. The summed E-state index contributed by atoms with van der Waals surface area (Å²) in [5.74, 6) is 1.73. The Kier molecular flexibility index (Phi) is 4.74. The zero-order valence-corrected chi connectivity index (χ0v) is 14.2. The number of methoxy groups -OCH3 is 2. The third-order valence-corrected chi connectivity index (χ3v) is 4.67. The monoisotopic (exact) mass is 325 g/mol. The maximum atomic E-state index is 12.7. The normalized spacial score (nSPS) is 14.8. The summed E-state index contributed by atoms with van der Waals surface area (Å²) in [7, 11) is 3.30. The molecule has 0 spiro atoms. The van der Waals surface area contributed by atoms with Crippen LogP contribution in [0.25, 0.3) is 0 Å². The Balaban J connectivity index is 1.60. The van der Waals surface area contributed by atoms with Gasteiger partial charge in [-0.2, -0.15) is 0 Å². The topological polar surface area (TPSA) is 47.6 Å². The van der Waals surface area contributed by atoms with Gasteiger partial charge in [-0.1, -0.05) is 30.3 Å². The van der Waals surface area contributed by atoms with Gasteiger partial charge in [0, 0.05) is 12.1 Å². The second-order valence-corrected chi connectivity index (χ2v) is 6.14. The molecule has 0 unspecified atom stereocenters. The van der Waals surface area contributed by atoms with E-state index >= 15 is 0 Å². The van der Waals surface area contributed by atoms with Gasteiger partial charge in [0.15, 0.2) is 0 Å². The molecular weight excluding hydrogens is 302 g/mol. The van der Waals surface area contributed by atoms with Crippen molar-refractivity contribution in [2.45, 2.75) is 24.7 Å². The first kappa shape index (κ1) is 16.4. The molecule has 2 aromatic carbocycles. The van der Waals surface area contributed by atoms with Crippen LogP contribution < -0.4 is 14.8 Å². The summed E-state index contributed by atoms with van der Waals surface area (Å²) in [6, 6.07) is 15.7. The number of benzene rings is 2. The van der Waals surface area contributed by atoms with Crippen LogP contribution in [0.1, 0.15) is 24.0 Å². The molecule has 0 bridgehead atoms. The van der Waals surface area contributed by atoms with E-state index in [1.807, 2.05) is 48.5 Å². The van der Waals surface area contributed by atoms with Crippen molar-refractivity contribution in [3.63, 3.8) is 0 Å². The van der Waals surface area contributed by atoms with Crippen molar-refractivity contribution in [1.82, 2.24) is 5.32 Å². The fraction of sp³-hybridized carbons (Fsp3) is 0.350. The molecule has 1 amide bonds. The van der Waals surface area contributed by atoms with Gasteiger partial charge in [-0.15, -0.1) is 0 Å². The summed E-state index contributed by atoms with van der Waals surface area (Å²) in [6.07, 6.45) is 2.56. The molecule has 2 aromatic rings. The van der Waals surface area contributed by atoms with Crippen LogP contribution in [0, 0.1) is 0 Å². The summed E-state index contributed by atoms with van der Waals surface area (Å²) in [5, 5.41) is 3.09. The Bertz CT molecular complexity index is 705. The zero-order chi connectivity index (χ0) is 17.0. The third kappa shape index (κ3) is 3.23. The van der Waals surface area contributed by atoms with Crippen molar-refractivity contribution in [3.05, 3.63) is 59.7 Å². The highest BCUT2D eigenvalue weighted by molar-refractivity contribution is 5.92. The van der Waals surface area contributed by atoms with Crippen LogP contribution in [0.2, 0.25) is 0 Å². The molecule has 4 heteroatoms. The first-order valence-electron chi connectivity index (χ1n) is 8.24. The van der Waals surface area contributed by atoms with E-state index in [1.165, 1.54) is 5.56 Å². The molecule has 24 heavy (non-hydrogen) atoms. The highest BCUT2D eigenvalue weighted by Gasteiger charge is 2.52. The lowest BCUT2D eigenvalue weighted by atomic mass is 9.94. The molecule has 1 fully saturated rings. The maximum absolute atomic E-state index is 12.7. The van der Waals surface area contributed by atoms with Gasteiger partial charge in [0.05, 0.1) is 19.6 Å². The van der Waals surface area contributed by atoms with E-state index in [4.69, 9.17) is 9.47 Å². The first-order chi connectivity index (χ1) is 11.7. The molecule has 0 heterocycles. The molecule has 1 aliphatic rings. The fourth-order valence-electron chi connectivity index (χ4n) is 3.07. The second kappa shape index (κ2) is 6.95. The summed E-state index contributed by atoms with van der Waals surface area (Å²) in [5.41, 5.74) is 1.76. The predicted octanol–water partition coefficient (Wildman–Crippen LogP) is 3.09. The lowest BCUT2D eigenvalue weighted by Crippen LogP contribution is -2.36. The SMILES string of the molecule is COc1ccc(CCNC(=O)C2(c3ccccc3OC)CC2)cc1. The smallest absolute Gasteiger partial charge is 0.230 e. The maximum Gasteiger partial charge on any atom is 0.230 e. The van der Waals surface area contributed by atoms with Crippen LogP contribution in [-0.2, 0) is 16.6 Å². The Labute approximate surface area is 142 Å². The average Bonchev–Trinajstić information content (AvgIpc) is 3.44. The summed E-state index contributed by atoms with van der Waals surface area (Å²) >= 11 is 0. The molecule has 0 aromatic heterocycles. The Hall–Kier alpha value is -2.49. The van der Waals surface area contributed by atoms with Crippen LogP contribution in [0.4, 0.5) is 0 Å². The Morgan fingerprint density at radius 2 is 1.75 bits per heavy atom. The second-order valence-electron chi connectivity index (χ2n) is 6.14. The summed E-state index contributed by atoms with van der Waals surface area (Å²) in [4.78, 5) is 12.7. The van der Waals surface area contributed by atoms with Gasteiger partial charge >= 0.3 is 0 Å². The first-order valence-corrected chi connectivity index (χ1v) is 8.24. The van der Waals surface area contributed by atoms with Gasteiger partial charge in [0.25, 0.3) is 0 Å². The van der Waals surface area contributed by atoms with E-state index in [0.717, 1.165) is 36.3 Å². The van der Waals surface area contributed by atoms with E-state index in [1.54, 1.807) is 14.2 Å². The van der Waals surface area contributed by atoms with Crippen LogP contribution >= 0.6 is 0 Å². The molecular formula is C20H23NO3. The number of para-hydroxylation sites is 1. The van der Waals surface area contributed by atoms with Gasteiger partial charge < -0.3 is 14.8 Å². The molecule has 0 saturated heterocycles. The molecule has 4 nitrogen and oxygen atoms in total. The van der Waals surface area contributed by atoms with Gasteiger partial charge in [-0.3, -0.25) is 4.79 Å². The van der Waals surface area contributed by atoms with Crippen molar-refractivity contribution < 1.29 is 14.3 Å². The molecule has 0 atom stereocenters. The third-order valence-electron chi connectivity index (χ3n) is 4.67. The molecule has 1 aliphatic carbocycles. The quantitative estimate of drug-likeness (QED) is 0.851. The van der Waals surface area contributed by atoms with Crippen LogP contribution in [-0.4, -0.2) is 26.7 Å². The fourth-order valence-corrected chi connectivity index (χ4v) is 3.07. The van der Waals surface area contributed by atoms with Crippen molar-refractivity contribution in [2.75, 3.05) is 20.8 Å². The Morgan fingerprint density at radius 3 is 2.38 bits per heavy atom. The molecule has 1 N–H and O–H groups in total. The van der Waals surface area contributed by atoms with E-state index in [2.05, 4.69) is 5.32 Å². The number of ether oxygens (including phenoxy) is 2. The van der Waals surface area contributed by atoms with Gasteiger partial charge in [-0.05, 0) is 43.0 Å². The number of carbonyl (C=O) groups excluding carboxylic acids is 1. The molecule has 126 valence electrons. The van der Waals surface area contributed by atoms with E-state index in [-0.39, 0.29) is 5.91 Å². The number of carbonyl (C=O) groups is 1. The molecule has 0 radical (unpaired) electrons. The van der Waals surface area contributed by atoms with Crippen LogP contribution in [0.15, 0.2) is 48.5 Å². The number of hydrogen-bond donors (Lipinski definition) is 1. The van der Waals surface area contributed by atoms with E-state index in [9.17, 15) is 4.79 Å². The largest absolute Gasteiger partial charge is 0.497 e. The lowest BCUT2D eigenvalue weighted by molar-refractivity contribution is -0.123. The number of amides is 1. The van der Waals surface area contributed by atoms with Gasteiger partial charge in [-0.25, -0.2) is 0 Å². The van der Waals surface area contributed by atoms with Crippen LogP contribution in [0.5, 0.6) is 11.5 Å². The Morgan fingerprint density at radius 1 is 1.04 bits per heavy atom. The van der Waals surface area contributed by atoms with E-state index < -0.39 is 5.41 Å². The standard InChI is InChI=1S/C20H23NO3/c1-23-16-9-7-15(8-10-16)11-14-21-19(22)20(12-13-20)17-5-3-4-6-18(17)24-2/h3-10H,11-14H2,1-2H3,(H,21,22). The lowest BCUT2D eigenvalue weighted by Gasteiger charge is -2.18. The molecule has 0 aliphatic heterocycles. The minimum Gasteiger partial charge on any atom is -0.497 e. The summed E-state index contributed by atoms with van der Waals surface area (Å²) in [6.45, 7) is 0.627. The number of nitrogens with one attached hydrogen (secondary N) is 1.